The van der Waals surface area contributed by atoms with Crippen LogP contribution in [0.1, 0.15) is 170 Å². The van der Waals surface area contributed by atoms with E-state index in [-0.39, 0.29) is 35.7 Å². The van der Waals surface area contributed by atoms with E-state index < -0.39 is 0 Å². The largest absolute Gasteiger partial charge is 0.271 e. The monoisotopic (exact) mass is 862 g/mol. The summed E-state index contributed by atoms with van der Waals surface area (Å²) in [5.74, 6) is -0.964. The fraction of sp³-hybridized carbons (Fsp3) is 0.407. The molecule has 0 saturated heterocycles. The number of imide groups is 2. The lowest BCUT2D eigenvalue weighted by Gasteiger charge is -2.35. The minimum absolute atomic E-state index is 0.210. The Bertz CT molecular complexity index is 2700. The Hall–Kier alpha value is -4.92. The Morgan fingerprint density at radius 3 is 1.16 bits per heavy atom. The highest BCUT2D eigenvalue weighted by atomic mass is 32.1. The van der Waals surface area contributed by atoms with Gasteiger partial charge in [-0.3, -0.25) is 29.0 Å². The molecule has 320 valence electrons. The predicted molar refractivity (Wildman–Crippen MR) is 260 cm³/mol. The van der Waals surface area contributed by atoms with E-state index in [2.05, 4.69) is 62.4 Å². The van der Waals surface area contributed by atoms with Gasteiger partial charge in [0.15, 0.2) is 0 Å². The van der Waals surface area contributed by atoms with E-state index in [1.807, 2.05) is 39.8 Å². The molecule has 2 aliphatic heterocycles. The van der Waals surface area contributed by atoms with Gasteiger partial charge < -0.3 is 0 Å². The fourth-order valence-electron chi connectivity index (χ4n) is 10.6. The zero-order chi connectivity index (χ0) is 43.4. The van der Waals surface area contributed by atoms with Crippen LogP contribution >= 0.6 is 22.7 Å². The van der Waals surface area contributed by atoms with Crippen LogP contribution in [0.4, 0.5) is 0 Å². The summed E-state index contributed by atoms with van der Waals surface area (Å²) in [6.45, 7) is 12.6. The van der Waals surface area contributed by atoms with Crippen molar-refractivity contribution in [2.75, 3.05) is 0 Å². The van der Waals surface area contributed by atoms with Crippen LogP contribution in [0.3, 0.4) is 0 Å². The number of unbranched alkanes of at least 4 members (excludes halogenated alkanes) is 6. The molecule has 7 aromatic rings. The smallest absolute Gasteiger partial charge is 0.261 e. The molecule has 0 aliphatic carbocycles. The van der Waals surface area contributed by atoms with E-state index in [4.69, 9.17) is 0 Å². The van der Waals surface area contributed by atoms with Gasteiger partial charge >= 0.3 is 0 Å². The maximum atomic E-state index is 14.9. The van der Waals surface area contributed by atoms with Crippen molar-refractivity contribution in [1.82, 2.24) is 9.80 Å². The number of carbonyl (C=O) groups is 4. The summed E-state index contributed by atoms with van der Waals surface area (Å²) in [6.07, 6.45) is 14.2. The first-order valence-electron chi connectivity index (χ1n) is 23.4. The van der Waals surface area contributed by atoms with Gasteiger partial charge in [0, 0.05) is 75.7 Å². The summed E-state index contributed by atoms with van der Waals surface area (Å²) in [5, 5.41) is 7.00. The molecular formula is C54H58N2O4S2. The molecular weight excluding hydrogens is 805 g/mol. The molecule has 0 unspecified atom stereocenters. The topological polar surface area (TPSA) is 74.8 Å². The lowest BCUT2D eigenvalue weighted by atomic mass is 9.78. The van der Waals surface area contributed by atoms with Gasteiger partial charge in [0.2, 0.25) is 0 Å². The van der Waals surface area contributed by atoms with Crippen molar-refractivity contribution < 1.29 is 19.2 Å². The second kappa shape index (κ2) is 17.3. The van der Waals surface area contributed by atoms with Crippen LogP contribution < -0.4 is 0 Å². The average Bonchev–Trinajstić information content (AvgIpc) is 3.97. The van der Waals surface area contributed by atoms with Gasteiger partial charge in [-0.1, -0.05) is 92.2 Å². The summed E-state index contributed by atoms with van der Waals surface area (Å²) in [4.78, 5) is 66.9. The Balaban J connectivity index is 1.40. The zero-order valence-corrected chi connectivity index (χ0v) is 38.8. The summed E-state index contributed by atoms with van der Waals surface area (Å²) in [6, 6.07) is 20.6. The second-order valence-corrected chi connectivity index (χ2v) is 19.9. The number of amides is 4. The quantitative estimate of drug-likeness (QED) is 0.0373. The number of aryl methyl sites for hydroxylation is 2. The number of rotatable bonds is 18. The first kappa shape index (κ1) is 42.4. The number of thiophene rings is 2. The van der Waals surface area contributed by atoms with Crippen molar-refractivity contribution in [3.05, 3.63) is 92.7 Å². The molecule has 9 rings (SSSR count). The number of hydrogen-bond donors (Lipinski definition) is 0. The van der Waals surface area contributed by atoms with Crippen LogP contribution in [-0.2, 0) is 12.8 Å². The molecule has 5 aromatic carbocycles. The SMILES string of the molecule is CCCCCCc1ccc(-c2cc3c4c(ccc5c6c(-c7ccc(CCCCCC)s7)cc7c8c(ccc(c2c45)c86)C(=O)N(C(CC)CC)C7=O)C(=O)N(C(CC)CC)C3=O)s1. The summed E-state index contributed by atoms with van der Waals surface area (Å²) in [5.41, 5.74) is 4.13. The second-order valence-electron chi connectivity index (χ2n) is 17.6. The average molecular weight is 863 g/mol. The van der Waals surface area contributed by atoms with E-state index in [1.54, 1.807) is 22.7 Å². The van der Waals surface area contributed by atoms with Crippen LogP contribution in [0.15, 0.2) is 60.7 Å². The van der Waals surface area contributed by atoms with E-state index in [0.717, 1.165) is 78.9 Å². The standard InChI is InChI=1S/C54H58N2O4S2/c1-7-13-15-17-19-33-21-27-43(61-33)39-29-41-47-37(51(57)55(53(41)59)31(9-3)10-4)26-24-36-46-40(44-28-22-34(62-44)20-18-16-14-8-2)30-42-48-38(25-23-35(50(46)48)45(39)49(36)47)52(58)56(54(42)60)32(11-5)12-6/h21-32H,7-20H2,1-6H3. The molecule has 8 heteroatoms. The fourth-order valence-corrected chi connectivity index (χ4v) is 12.8. The number of benzene rings is 5. The molecule has 0 radical (unpaired) electrons. The van der Waals surface area contributed by atoms with Crippen LogP contribution in [-0.4, -0.2) is 45.5 Å². The van der Waals surface area contributed by atoms with Gasteiger partial charge in [-0.2, -0.15) is 0 Å². The molecule has 0 atom stereocenters. The Morgan fingerprint density at radius 1 is 0.403 bits per heavy atom. The van der Waals surface area contributed by atoms with Gasteiger partial charge in [0.1, 0.15) is 0 Å². The lowest BCUT2D eigenvalue weighted by molar-refractivity contribution is 0.0514. The Kier molecular flexibility index (Phi) is 11.8. The van der Waals surface area contributed by atoms with E-state index >= 15 is 0 Å². The number of carbonyl (C=O) groups excluding carboxylic acids is 4. The third-order valence-corrected chi connectivity index (χ3v) is 16.3. The van der Waals surface area contributed by atoms with E-state index in [0.29, 0.717) is 58.7 Å². The highest BCUT2D eigenvalue weighted by molar-refractivity contribution is 7.16. The highest BCUT2D eigenvalue weighted by Gasteiger charge is 2.41. The van der Waals surface area contributed by atoms with Crippen LogP contribution in [0.5, 0.6) is 0 Å². The van der Waals surface area contributed by atoms with Gasteiger partial charge in [-0.25, -0.2) is 0 Å². The molecule has 0 fully saturated rings. The number of hydrogen-bond acceptors (Lipinski definition) is 6. The maximum Gasteiger partial charge on any atom is 0.261 e. The number of nitrogens with zero attached hydrogens (tertiary/aromatic N) is 2. The Morgan fingerprint density at radius 2 is 0.790 bits per heavy atom. The van der Waals surface area contributed by atoms with E-state index in [9.17, 15) is 19.2 Å². The van der Waals surface area contributed by atoms with Crippen molar-refractivity contribution in [2.24, 2.45) is 0 Å². The van der Waals surface area contributed by atoms with Crippen molar-refractivity contribution in [1.29, 1.82) is 0 Å². The maximum absolute atomic E-state index is 14.9. The molecule has 4 amide bonds. The van der Waals surface area contributed by atoms with Crippen molar-refractivity contribution >= 4 is 89.4 Å². The molecule has 0 bridgehead atoms. The van der Waals surface area contributed by atoms with Crippen molar-refractivity contribution in [3.63, 3.8) is 0 Å². The van der Waals surface area contributed by atoms with Gasteiger partial charge in [-0.05, 0) is 132 Å². The number of fused-ring (bicyclic) bond motifs is 2. The first-order chi connectivity index (χ1) is 30.2. The van der Waals surface area contributed by atoms with Gasteiger partial charge in [-0.15, -0.1) is 22.7 Å². The van der Waals surface area contributed by atoms with Gasteiger partial charge in [0.25, 0.3) is 23.6 Å². The van der Waals surface area contributed by atoms with Gasteiger partial charge in [0.05, 0.1) is 0 Å². The Labute approximate surface area is 373 Å². The molecule has 2 aromatic heterocycles. The molecule has 62 heavy (non-hydrogen) atoms. The summed E-state index contributed by atoms with van der Waals surface area (Å²) in [7, 11) is 0. The zero-order valence-electron chi connectivity index (χ0n) is 37.2. The minimum atomic E-state index is -0.244. The highest BCUT2D eigenvalue weighted by Crippen LogP contribution is 2.53. The first-order valence-corrected chi connectivity index (χ1v) is 25.1. The molecule has 6 nitrogen and oxygen atoms in total. The summed E-state index contributed by atoms with van der Waals surface area (Å²) >= 11 is 3.56. The predicted octanol–water partition coefficient (Wildman–Crippen LogP) is 15.0. The van der Waals surface area contributed by atoms with Crippen molar-refractivity contribution in [2.45, 2.75) is 144 Å². The summed E-state index contributed by atoms with van der Waals surface area (Å²) < 4.78 is 0. The third-order valence-electron chi connectivity index (χ3n) is 13.9. The molecule has 0 saturated carbocycles. The van der Waals surface area contributed by atoms with Crippen LogP contribution in [0.25, 0.3) is 64.0 Å². The lowest BCUT2D eigenvalue weighted by Crippen LogP contribution is -2.46. The minimum Gasteiger partial charge on any atom is -0.271 e. The molecule has 0 N–H and O–H groups in total. The van der Waals surface area contributed by atoms with Crippen LogP contribution in [0.2, 0.25) is 0 Å². The normalized spacial score (nSPS) is 14.3. The van der Waals surface area contributed by atoms with E-state index in [1.165, 1.54) is 58.1 Å². The molecule has 0 spiro atoms. The third kappa shape index (κ3) is 6.70. The van der Waals surface area contributed by atoms with Crippen molar-refractivity contribution in [3.8, 4) is 20.9 Å². The molecule has 4 heterocycles. The van der Waals surface area contributed by atoms with Crippen LogP contribution in [0, 0.1) is 0 Å². The molecule has 2 aliphatic rings.